The molecule has 0 fully saturated rings. The Morgan fingerprint density at radius 2 is 1.82 bits per heavy atom. The molecule has 2 heteroatoms. The summed E-state index contributed by atoms with van der Waals surface area (Å²) in [4.78, 5) is 2.21. The van der Waals surface area contributed by atoms with Crippen molar-refractivity contribution in [2.45, 2.75) is 33.6 Å². The minimum absolute atomic E-state index is 0.238. The van der Waals surface area contributed by atoms with Crippen LogP contribution in [0, 0.1) is 16.7 Å². The lowest BCUT2D eigenvalue weighted by atomic mass is 9.91. The van der Waals surface area contributed by atoms with E-state index >= 15 is 0 Å². The van der Waals surface area contributed by atoms with Gasteiger partial charge in [0.05, 0.1) is 11.5 Å². The summed E-state index contributed by atoms with van der Waals surface area (Å²) < 4.78 is 0. The van der Waals surface area contributed by atoms with Crippen molar-refractivity contribution in [2.24, 2.45) is 5.41 Å². The summed E-state index contributed by atoms with van der Waals surface area (Å²) in [6.07, 6.45) is 1.96. The zero-order valence-corrected chi connectivity index (χ0v) is 11.3. The average molecular weight is 230 g/mol. The van der Waals surface area contributed by atoms with E-state index in [-0.39, 0.29) is 5.41 Å². The summed E-state index contributed by atoms with van der Waals surface area (Å²) in [6.45, 7) is 7.04. The molecule has 0 aliphatic carbocycles. The van der Waals surface area contributed by atoms with Gasteiger partial charge in [-0.2, -0.15) is 5.26 Å². The normalized spacial score (nSPS) is 11.0. The highest BCUT2D eigenvalue weighted by Gasteiger charge is 2.17. The van der Waals surface area contributed by atoms with Gasteiger partial charge in [0.25, 0.3) is 0 Å². The first kappa shape index (κ1) is 13.6. The Balaban J connectivity index is 2.58. The van der Waals surface area contributed by atoms with E-state index in [1.54, 1.807) is 0 Å². The number of nitrogens with zero attached hydrogens (tertiary/aromatic N) is 2. The molecule has 0 heterocycles. The Morgan fingerprint density at radius 3 is 2.29 bits per heavy atom. The second kappa shape index (κ2) is 5.72. The number of hydrogen-bond donors (Lipinski definition) is 0. The van der Waals surface area contributed by atoms with Gasteiger partial charge >= 0.3 is 0 Å². The first-order chi connectivity index (χ1) is 7.98. The second-order valence-corrected chi connectivity index (χ2v) is 5.19. The van der Waals surface area contributed by atoms with E-state index in [1.165, 1.54) is 11.3 Å². The quantitative estimate of drug-likeness (QED) is 0.772. The maximum absolute atomic E-state index is 8.98. The van der Waals surface area contributed by atoms with Gasteiger partial charge in [0, 0.05) is 19.3 Å². The Labute approximate surface area is 105 Å². The van der Waals surface area contributed by atoms with Crippen LogP contribution in [0.5, 0.6) is 0 Å². The van der Waals surface area contributed by atoms with Gasteiger partial charge in [0.2, 0.25) is 0 Å². The molecule has 0 spiro atoms. The predicted octanol–water partition coefficient (Wildman–Crippen LogP) is 3.63. The Kier molecular flexibility index (Phi) is 4.57. The van der Waals surface area contributed by atoms with Crippen LogP contribution in [0.1, 0.15) is 32.8 Å². The Hall–Kier alpha value is -1.49. The maximum atomic E-state index is 8.98. The molecule has 0 radical (unpaired) electrons. The summed E-state index contributed by atoms with van der Waals surface area (Å²) in [5.74, 6) is 0. The zero-order chi connectivity index (χ0) is 12.9. The number of anilines is 1. The molecule has 0 bridgehead atoms. The SMILES string of the molecule is CCc1ccc(N(C)CCC(C)(C)C#N)cc1. The third kappa shape index (κ3) is 4.11. The highest BCUT2D eigenvalue weighted by molar-refractivity contribution is 5.46. The summed E-state index contributed by atoms with van der Waals surface area (Å²) in [7, 11) is 2.08. The summed E-state index contributed by atoms with van der Waals surface area (Å²) in [5, 5.41) is 8.98. The standard InChI is InChI=1S/C15H22N2/c1-5-13-6-8-14(9-7-13)17(4)11-10-15(2,3)12-16/h6-9H,5,10-11H2,1-4H3. The zero-order valence-electron chi connectivity index (χ0n) is 11.3. The second-order valence-electron chi connectivity index (χ2n) is 5.19. The van der Waals surface area contributed by atoms with Gasteiger partial charge in [-0.05, 0) is 44.4 Å². The molecular weight excluding hydrogens is 208 g/mol. The van der Waals surface area contributed by atoms with Gasteiger partial charge in [-0.3, -0.25) is 0 Å². The summed E-state index contributed by atoms with van der Waals surface area (Å²) in [5.41, 5.74) is 2.34. The third-order valence-corrected chi connectivity index (χ3v) is 3.16. The molecule has 0 atom stereocenters. The fourth-order valence-corrected chi connectivity index (χ4v) is 1.62. The Morgan fingerprint density at radius 1 is 1.24 bits per heavy atom. The first-order valence-electron chi connectivity index (χ1n) is 6.20. The van der Waals surface area contributed by atoms with Gasteiger partial charge in [-0.1, -0.05) is 19.1 Å². The van der Waals surface area contributed by atoms with E-state index in [9.17, 15) is 0 Å². The molecule has 1 aromatic carbocycles. The minimum Gasteiger partial charge on any atom is -0.375 e. The largest absolute Gasteiger partial charge is 0.375 e. The highest BCUT2D eigenvalue weighted by atomic mass is 15.1. The van der Waals surface area contributed by atoms with Crippen LogP contribution in [0.3, 0.4) is 0 Å². The van der Waals surface area contributed by atoms with E-state index in [0.29, 0.717) is 0 Å². The minimum atomic E-state index is -0.238. The molecule has 0 aliphatic rings. The number of aryl methyl sites for hydroxylation is 1. The fourth-order valence-electron chi connectivity index (χ4n) is 1.62. The van der Waals surface area contributed by atoms with Crippen molar-refractivity contribution in [1.29, 1.82) is 5.26 Å². The van der Waals surface area contributed by atoms with Crippen LogP contribution >= 0.6 is 0 Å². The lowest BCUT2D eigenvalue weighted by molar-refractivity contribution is 0.455. The highest BCUT2D eigenvalue weighted by Crippen LogP contribution is 2.21. The van der Waals surface area contributed by atoms with Crippen LogP contribution in [0.25, 0.3) is 0 Å². The molecule has 92 valence electrons. The lowest BCUT2D eigenvalue weighted by Crippen LogP contribution is -2.23. The van der Waals surface area contributed by atoms with Gasteiger partial charge < -0.3 is 4.90 Å². The van der Waals surface area contributed by atoms with Crippen LogP contribution in [-0.2, 0) is 6.42 Å². The molecular formula is C15H22N2. The lowest BCUT2D eigenvalue weighted by Gasteiger charge is -2.23. The third-order valence-electron chi connectivity index (χ3n) is 3.16. The van der Waals surface area contributed by atoms with Crippen molar-refractivity contribution >= 4 is 5.69 Å². The Bertz CT molecular complexity index is 384. The summed E-state index contributed by atoms with van der Waals surface area (Å²) in [6, 6.07) is 11.0. The number of hydrogen-bond acceptors (Lipinski definition) is 2. The topological polar surface area (TPSA) is 27.0 Å². The van der Waals surface area contributed by atoms with E-state index in [4.69, 9.17) is 5.26 Å². The summed E-state index contributed by atoms with van der Waals surface area (Å²) >= 11 is 0. The maximum Gasteiger partial charge on any atom is 0.0684 e. The molecule has 1 rings (SSSR count). The van der Waals surface area contributed by atoms with Crippen LogP contribution < -0.4 is 4.90 Å². The van der Waals surface area contributed by atoms with E-state index in [0.717, 1.165) is 19.4 Å². The van der Waals surface area contributed by atoms with Crippen molar-refractivity contribution in [3.05, 3.63) is 29.8 Å². The van der Waals surface area contributed by atoms with Crippen LogP contribution in [0.4, 0.5) is 5.69 Å². The van der Waals surface area contributed by atoms with E-state index in [2.05, 4.69) is 49.2 Å². The molecule has 17 heavy (non-hydrogen) atoms. The number of benzene rings is 1. The van der Waals surface area contributed by atoms with Crippen molar-refractivity contribution in [2.75, 3.05) is 18.5 Å². The monoisotopic (exact) mass is 230 g/mol. The van der Waals surface area contributed by atoms with Crippen molar-refractivity contribution in [1.82, 2.24) is 0 Å². The van der Waals surface area contributed by atoms with Gasteiger partial charge in [0.15, 0.2) is 0 Å². The van der Waals surface area contributed by atoms with E-state index in [1.807, 2.05) is 13.8 Å². The van der Waals surface area contributed by atoms with Crippen LogP contribution in [0.2, 0.25) is 0 Å². The van der Waals surface area contributed by atoms with Gasteiger partial charge in [0.1, 0.15) is 0 Å². The van der Waals surface area contributed by atoms with Crippen LogP contribution in [0.15, 0.2) is 24.3 Å². The van der Waals surface area contributed by atoms with Gasteiger partial charge in [-0.25, -0.2) is 0 Å². The molecule has 0 aliphatic heterocycles. The molecule has 0 saturated heterocycles. The van der Waals surface area contributed by atoms with Crippen molar-refractivity contribution in [3.8, 4) is 6.07 Å². The smallest absolute Gasteiger partial charge is 0.0684 e. The first-order valence-corrected chi connectivity index (χ1v) is 6.20. The fraction of sp³-hybridized carbons (Fsp3) is 0.533. The van der Waals surface area contributed by atoms with E-state index < -0.39 is 0 Å². The number of nitriles is 1. The molecule has 0 aromatic heterocycles. The average Bonchev–Trinajstić information content (AvgIpc) is 2.36. The molecule has 0 unspecified atom stereocenters. The van der Waals surface area contributed by atoms with Crippen LogP contribution in [-0.4, -0.2) is 13.6 Å². The predicted molar refractivity (Wildman–Crippen MR) is 73.1 cm³/mol. The molecule has 2 nitrogen and oxygen atoms in total. The van der Waals surface area contributed by atoms with Crippen molar-refractivity contribution < 1.29 is 0 Å². The van der Waals surface area contributed by atoms with Crippen molar-refractivity contribution in [3.63, 3.8) is 0 Å². The number of rotatable bonds is 5. The van der Waals surface area contributed by atoms with Gasteiger partial charge in [-0.15, -0.1) is 0 Å². The molecule has 0 saturated carbocycles. The molecule has 0 N–H and O–H groups in total. The molecule has 0 amide bonds. The molecule has 1 aromatic rings.